The molecule has 2 aromatic heterocycles. The number of pyridine rings is 1. The van der Waals surface area contributed by atoms with Gasteiger partial charge >= 0.3 is 6.36 Å². The Hall–Kier alpha value is -2.10. The number of alkyl halides is 3. The van der Waals surface area contributed by atoms with Gasteiger partial charge in [0, 0.05) is 44.1 Å². The molecule has 3 heterocycles. The third kappa shape index (κ3) is 4.05. The van der Waals surface area contributed by atoms with Gasteiger partial charge in [-0.25, -0.2) is 9.97 Å². The topological polar surface area (TPSA) is 54.4 Å². The summed E-state index contributed by atoms with van der Waals surface area (Å²) in [5.41, 5.74) is 0. The maximum atomic E-state index is 12.2. The fourth-order valence-electron chi connectivity index (χ4n) is 2.40. The maximum Gasteiger partial charge on any atom is 0.573 e. The van der Waals surface area contributed by atoms with Crippen LogP contribution in [0, 0.1) is 0 Å². The smallest absolute Gasteiger partial charge is 0.404 e. The second-order valence-corrected chi connectivity index (χ2v) is 5.95. The molecule has 0 radical (unpaired) electrons. The number of rotatable bonds is 4. The zero-order valence-corrected chi connectivity index (χ0v) is 13.8. The Labute approximate surface area is 141 Å². The van der Waals surface area contributed by atoms with Crippen LogP contribution in [0.15, 0.2) is 18.3 Å². The number of piperazine rings is 1. The van der Waals surface area contributed by atoms with Crippen LogP contribution in [0.4, 0.5) is 24.1 Å². The van der Waals surface area contributed by atoms with Crippen molar-refractivity contribution in [2.45, 2.75) is 19.7 Å². The van der Waals surface area contributed by atoms with Crippen LogP contribution in [0.25, 0.3) is 0 Å². The number of halogens is 3. The van der Waals surface area contributed by atoms with E-state index in [1.54, 1.807) is 0 Å². The first kappa shape index (κ1) is 16.7. The Morgan fingerprint density at radius 1 is 1.17 bits per heavy atom. The fourth-order valence-corrected chi connectivity index (χ4v) is 3.20. The zero-order valence-electron chi connectivity index (χ0n) is 13.0. The van der Waals surface area contributed by atoms with Crippen LogP contribution in [0.3, 0.4) is 0 Å². The molecule has 0 aromatic carbocycles. The van der Waals surface area contributed by atoms with Crippen LogP contribution < -0.4 is 14.5 Å². The van der Waals surface area contributed by atoms with Crippen LogP contribution in [0.5, 0.6) is 5.75 Å². The van der Waals surface area contributed by atoms with Crippen molar-refractivity contribution >= 4 is 22.5 Å². The van der Waals surface area contributed by atoms with Crippen molar-refractivity contribution in [1.29, 1.82) is 0 Å². The van der Waals surface area contributed by atoms with Crippen molar-refractivity contribution in [3.63, 3.8) is 0 Å². The molecule has 0 saturated carbocycles. The molecule has 0 atom stereocenters. The number of nitrogens with zero attached hydrogens (tertiary/aromatic N) is 5. The molecule has 0 bridgehead atoms. The lowest BCUT2D eigenvalue weighted by atomic mass is 10.3. The minimum atomic E-state index is -4.70. The summed E-state index contributed by atoms with van der Waals surface area (Å²) < 4.78 is 44.6. The van der Waals surface area contributed by atoms with E-state index in [1.807, 2.05) is 11.8 Å². The summed E-state index contributed by atoms with van der Waals surface area (Å²) in [6.07, 6.45) is -2.80. The van der Waals surface area contributed by atoms with Crippen molar-refractivity contribution in [2.24, 2.45) is 0 Å². The Morgan fingerprint density at radius 3 is 2.42 bits per heavy atom. The zero-order chi connectivity index (χ0) is 17.2. The molecule has 0 amide bonds. The molecule has 0 spiro atoms. The molecule has 1 aliphatic rings. The minimum Gasteiger partial charge on any atom is -0.404 e. The van der Waals surface area contributed by atoms with E-state index in [1.165, 1.54) is 23.7 Å². The summed E-state index contributed by atoms with van der Waals surface area (Å²) in [5, 5.41) is 0.911. The third-order valence-electron chi connectivity index (χ3n) is 3.60. The molecule has 1 fully saturated rings. The van der Waals surface area contributed by atoms with E-state index < -0.39 is 6.36 Å². The van der Waals surface area contributed by atoms with Crippen LogP contribution >= 0.6 is 11.5 Å². The van der Waals surface area contributed by atoms with E-state index in [-0.39, 0.29) is 5.75 Å². The SMILES string of the molecule is CCc1nsc(N2CCN(c3ccc(OC(F)(F)F)cn3)CC2)n1. The second kappa shape index (κ2) is 6.80. The lowest BCUT2D eigenvalue weighted by Crippen LogP contribution is -2.46. The van der Waals surface area contributed by atoms with Crippen molar-refractivity contribution < 1.29 is 17.9 Å². The van der Waals surface area contributed by atoms with Gasteiger partial charge in [0.15, 0.2) is 0 Å². The second-order valence-electron chi connectivity index (χ2n) is 5.22. The molecule has 130 valence electrons. The van der Waals surface area contributed by atoms with Gasteiger partial charge in [-0.1, -0.05) is 6.92 Å². The van der Waals surface area contributed by atoms with Crippen molar-refractivity contribution in [3.8, 4) is 5.75 Å². The highest BCUT2D eigenvalue weighted by molar-refractivity contribution is 7.09. The standard InChI is InChI=1S/C14H16F3N5OS/c1-2-11-19-13(24-20-11)22-7-5-21(6-8-22)12-4-3-10(9-18-12)23-14(15,16)17/h3-4,9H,2,5-8H2,1H3. The number of hydrogen-bond acceptors (Lipinski definition) is 7. The highest BCUT2D eigenvalue weighted by atomic mass is 32.1. The van der Waals surface area contributed by atoms with Crippen molar-refractivity contribution in [3.05, 3.63) is 24.2 Å². The van der Waals surface area contributed by atoms with E-state index >= 15 is 0 Å². The number of hydrogen-bond donors (Lipinski definition) is 0. The predicted molar refractivity (Wildman–Crippen MR) is 84.6 cm³/mol. The molecule has 10 heteroatoms. The number of ether oxygens (including phenoxy) is 1. The first-order valence-corrected chi connectivity index (χ1v) is 8.26. The Morgan fingerprint density at radius 2 is 1.88 bits per heavy atom. The van der Waals surface area contributed by atoms with Gasteiger partial charge in [-0.15, -0.1) is 13.2 Å². The number of aromatic nitrogens is 3. The monoisotopic (exact) mass is 359 g/mol. The highest BCUT2D eigenvalue weighted by Gasteiger charge is 2.31. The van der Waals surface area contributed by atoms with Crippen molar-refractivity contribution in [1.82, 2.24) is 14.3 Å². The molecule has 0 N–H and O–H groups in total. The Kier molecular flexibility index (Phi) is 4.74. The summed E-state index contributed by atoms with van der Waals surface area (Å²) in [6, 6.07) is 2.82. The predicted octanol–water partition coefficient (Wildman–Crippen LogP) is 2.72. The normalized spacial score (nSPS) is 15.7. The van der Waals surface area contributed by atoms with E-state index in [2.05, 4.69) is 24.0 Å². The maximum absolute atomic E-state index is 12.2. The molecule has 3 rings (SSSR count). The first-order chi connectivity index (χ1) is 11.4. The number of aryl methyl sites for hydroxylation is 1. The van der Waals surface area contributed by atoms with Crippen LogP contribution in [0.2, 0.25) is 0 Å². The summed E-state index contributed by atoms with van der Waals surface area (Å²) in [5.74, 6) is 1.17. The largest absolute Gasteiger partial charge is 0.573 e. The lowest BCUT2D eigenvalue weighted by molar-refractivity contribution is -0.274. The van der Waals surface area contributed by atoms with Gasteiger partial charge in [-0.2, -0.15) is 4.37 Å². The number of anilines is 2. The molecular weight excluding hydrogens is 343 g/mol. The molecule has 2 aromatic rings. The lowest BCUT2D eigenvalue weighted by Gasteiger charge is -2.35. The van der Waals surface area contributed by atoms with Gasteiger partial charge in [0.1, 0.15) is 17.4 Å². The van der Waals surface area contributed by atoms with Gasteiger partial charge in [0.2, 0.25) is 5.13 Å². The fraction of sp³-hybridized carbons (Fsp3) is 0.500. The Bertz CT molecular complexity index is 668. The van der Waals surface area contributed by atoms with Gasteiger partial charge in [-0.05, 0) is 12.1 Å². The first-order valence-electron chi connectivity index (χ1n) is 7.49. The molecule has 24 heavy (non-hydrogen) atoms. The van der Waals surface area contributed by atoms with Gasteiger partial charge in [0.25, 0.3) is 0 Å². The van der Waals surface area contributed by atoms with Gasteiger partial charge in [-0.3, -0.25) is 0 Å². The van der Waals surface area contributed by atoms with Crippen LogP contribution in [0.1, 0.15) is 12.7 Å². The van der Waals surface area contributed by atoms with Crippen LogP contribution in [-0.2, 0) is 6.42 Å². The molecule has 1 saturated heterocycles. The summed E-state index contributed by atoms with van der Waals surface area (Å²) in [4.78, 5) is 12.7. The minimum absolute atomic E-state index is 0.314. The van der Waals surface area contributed by atoms with E-state index in [4.69, 9.17) is 0 Å². The average Bonchev–Trinajstić information content (AvgIpc) is 3.03. The third-order valence-corrected chi connectivity index (χ3v) is 4.42. The average molecular weight is 359 g/mol. The summed E-state index contributed by atoms with van der Waals surface area (Å²) in [7, 11) is 0. The quantitative estimate of drug-likeness (QED) is 0.837. The Balaban J connectivity index is 1.58. The van der Waals surface area contributed by atoms with Gasteiger partial charge in [0.05, 0.1) is 6.20 Å². The van der Waals surface area contributed by atoms with Crippen molar-refractivity contribution in [2.75, 3.05) is 36.0 Å². The van der Waals surface area contributed by atoms with E-state index in [0.29, 0.717) is 18.9 Å². The van der Waals surface area contributed by atoms with Gasteiger partial charge < -0.3 is 14.5 Å². The molecule has 0 unspecified atom stereocenters. The summed E-state index contributed by atoms with van der Waals surface area (Å²) >= 11 is 1.39. The molecular formula is C14H16F3N5OS. The summed E-state index contributed by atoms with van der Waals surface area (Å²) in [6.45, 7) is 4.98. The molecule has 1 aliphatic heterocycles. The van der Waals surface area contributed by atoms with E-state index in [0.717, 1.165) is 36.7 Å². The molecule has 6 nitrogen and oxygen atoms in total. The van der Waals surface area contributed by atoms with Crippen LogP contribution in [-0.4, -0.2) is 46.9 Å². The molecule has 0 aliphatic carbocycles. The highest BCUT2D eigenvalue weighted by Crippen LogP contribution is 2.25. The van der Waals surface area contributed by atoms with E-state index in [9.17, 15) is 13.2 Å².